The smallest absolute Gasteiger partial charge is 0.310 e. The van der Waals surface area contributed by atoms with E-state index in [0.29, 0.717) is 97.6 Å². The van der Waals surface area contributed by atoms with Crippen LogP contribution in [0.1, 0.15) is 81.7 Å². The summed E-state index contributed by atoms with van der Waals surface area (Å²) in [5, 5.41) is 0.524. The highest BCUT2D eigenvalue weighted by Gasteiger charge is 2.39. The normalized spacial score (nSPS) is 18.8. The van der Waals surface area contributed by atoms with Crippen LogP contribution in [0.5, 0.6) is 17.2 Å². The number of hydrogen-bond donors (Lipinski definition) is 1. The quantitative estimate of drug-likeness (QED) is 0.0604. The maximum absolute atomic E-state index is 13.9. The first-order valence-electron chi connectivity index (χ1n) is 24.5. The number of fused-ring (bicyclic) bond motifs is 3. The first-order valence-corrected chi connectivity index (χ1v) is 26.0. The molecule has 1 N–H and O–H groups in total. The number of rotatable bonds is 21. The topological polar surface area (TPSA) is 162 Å². The number of sulfonamides is 1. The van der Waals surface area contributed by atoms with Crippen LogP contribution in [-0.2, 0) is 37.3 Å². The van der Waals surface area contributed by atoms with E-state index in [-0.39, 0.29) is 41.5 Å². The fourth-order valence-corrected chi connectivity index (χ4v) is 11.2. The number of benzene rings is 4. The highest BCUT2D eigenvalue weighted by Crippen LogP contribution is 2.36. The van der Waals surface area contributed by atoms with E-state index in [9.17, 15) is 22.8 Å². The van der Waals surface area contributed by atoms with Crippen LogP contribution in [0.15, 0.2) is 101 Å². The predicted octanol–water partition coefficient (Wildman–Crippen LogP) is 6.83. The standard InChI is InChI=1S/C53H66N6O9S/c1-4-66-49-19-10-9-18-47(49)59-50(55-46-17-8-7-16-45(46)53(59)62)36-56-28-30-57(31-29-56)51(60)37-67-42-21-23-44(24-22-42)69(63,64)54-26-11-5-6-12-27-58-40-14-13-15-41(58)35-43(34-40)68-52(61)33-39-32-38(2)20-25-48(39)65-3/h7-10,16-25,32,40-41,43,54H,4-6,11-15,26-31,33-37H2,1-3H3. The molecular formula is C53H66N6O9S. The molecule has 3 saturated heterocycles. The van der Waals surface area contributed by atoms with Crippen LogP contribution < -0.4 is 24.5 Å². The van der Waals surface area contributed by atoms with Crippen molar-refractivity contribution in [3.63, 3.8) is 0 Å². The highest BCUT2D eigenvalue weighted by molar-refractivity contribution is 7.89. The van der Waals surface area contributed by atoms with E-state index in [2.05, 4.69) is 14.5 Å². The lowest BCUT2D eigenvalue weighted by Crippen LogP contribution is -2.54. The Balaban J connectivity index is 0.730. The predicted molar refractivity (Wildman–Crippen MR) is 265 cm³/mol. The Hall–Kier alpha value is -5.81. The van der Waals surface area contributed by atoms with Gasteiger partial charge >= 0.3 is 5.97 Å². The lowest BCUT2D eigenvalue weighted by atomic mass is 9.82. The van der Waals surface area contributed by atoms with Crippen molar-refractivity contribution in [2.75, 3.05) is 59.6 Å². The Morgan fingerprint density at radius 2 is 1.55 bits per heavy atom. The van der Waals surface area contributed by atoms with E-state index in [1.807, 2.05) is 74.5 Å². The summed E-state index contributed by atoms with van der Waals surface area (Å²) in [5.41, 5.74) is 3.03. The third-order valence-corrected chi connectivity index (χ3v) is 15.1. The summed E-state index contributed by atoms with van der Waals surface area (Å²) in [6.45, 7) is 8.05. The second-order valence-corrected chi connectivity index (χ2v) is 20.1. The molecule has 4 heterocycles. The lowest BCUT2D eigenvalue weighted by molar-refractivity contribution is -0.154. The number of para-hydroxylation sites is 3. The van der Waals surface area contributed by atoms with Gasteiger partial charge in [0, 0.05) is 63.2 Å². The van der Waals surface area contributed by atoms with Crippen molar-refractivity contribution in [3.8, 4) is 22.9 Å². The number of carbonyl (C=O) groups is 2. The average molecular weight is 963 g/mol. The number of methoxy groups -OCH3 is 1. The fourth-order valence-electron chi connectivity index (χ4n) is 10.1. The number of ether oxygens (including phenoxy) is 4. The molecule has 0 aliphatic carbocycles. The summed E-state index contributed by atoms with van der Waals surface area (Å²) in [7, 11) is -2.09. The number of aromatic nitrogens is 2. The van der Waals surface area contributed by atoms with Gasteiger partial charge < -0.3 is 23.8 Å². The third-order valence-electron chi connectivity index (χ3n) is 13.6. The molecule has 2 atom stereocenters. The molecular weight excluding hydrogens is 897 g/mol. The Morgan fingerprint density at radius 1 is 0.826 bits per heavy atom. The van der Waals surface area contributed by atoms with Crippen molar-refractivity contribution < 1.29 is 37.0 Å². The van der Waals surface area contributed by atoms with Gasteiger partial charge in [-0.3, -0.25) is 28.8 Å². The molecule has 2 bridgehead atoms. The molecule has 3 aliphatic heterocycles. The molecule has 16 heteroatoms. The zero-order valence-corrected chi connectivity index (χ0v) is 41.0. The minimum atomic E-state index is -3.71. The number of amides is 1. The monoisotopic (exact) mass is 962 g/mol. The summed E-state index contributed by atoms with van der Waals surface area (Å²) in [6.07, 6.45) is 9.01. The summed E-state index contributed by atoms with van der Waals surface area (Å²) in [4.78, 5) is 51.7. The molecule has 2 unspecified atom stereocenters. The summed E-state index contributed by atoms with van der Waals surface area (Å²) < 4.78 is 53.8. The van der Waals surface area contributed by atoms with Crippen LogP contribution in [0.3, 0.4) is 0 Å². The van der Waals surface area contributed by atoms with Gasteiger partial charge in [-0.05, 0) is 101 Å². The number of esters is 1. The number of unbranched alkanes of at least 4 members (excludes halogenated alkanes) is 3. The van der Waals surface area contributed by atoms with E-state index in [1.54, 1.807) is 34.8 Å². The lowest BCUT2D eigenvalue weighted by Gasteiger charge is -2.48. The fraction of sp³-hybridized carbons (Fsp3) is 0.472. The number of nitrogens with one attached hydrogen (secondary N) is 1. The first-order chi connectivity index (χ1) is 33.5. The summed E-state index contributed by atoms with van der Waals surface area (Å²) in [6, 6.07) is 27.6. The van der Waals surface area contributed by atoms with E-state index in [4.69, 9.17) is 23.9 Å². The summed E-state index contributed by atoms with van der Waals surface area (Å²) >= 11 is 0. The Morgan fingerprint density at radius 3 is 2.30 bits per heavy atom. The second-order valence-electron chi connectivity index (χ2n) is 18.4. The maximum Gasteiger partial charge on any atom is 0.310 e. The van der Waals surface area contributed by atoms with Gasteiger partial charge in [0.2, 0.25) is 10.0 Å². The minimum Gasteiger partial charge on any atom is -0.496 e. The zero-order chi connectivity index (χ0) is 48.3. The molecule has 8 rings (SSSR count). The molecule has 4 aromatic carbocycles. The van der Waals surface area contributed by atoms with E-state index < -0.39 is 10.0 Å². The molecule has 3 aliphatic rings. The molecule has 0 radical (unpaired) electrons. The third kappa shape index (κ3) is 12.5. The molecule has 15 nitrogen and oxygen atoms in total. The van der Waals surface area contributed by atoms with Crippen LogP contribution in [0.2, 0.25) is 0 Å². The van der Waals surface area contributed by atoms with Crippen molar-refractivity contribution in [1.82, 2.24) is 29.0 Å². The highest BCUT2D eigenvalue weighted by atomic mass is 32.2. The van der Waals surface area contributed by atoms with Crippen molar-refractivity contribution >= 4 is 32.8 Å². The van der Waals surface area contributed by atoms with E-state index >= 15 is 0 Å². The van der Waals surface area contributed by atoms with Gasteiger partial charge in [0.25, 0.3) is 11.5 Å². The number of piperidine rings is 2. The Labute approximate surface area is 405 Å². The van der Waals surface area contributed by atoms with Crippen LogP contribution in [0, 0.1) is 6.92 Å². The number of piperazine rings is 1. The number of carbonyl (C=O) groups excluding carboxylic acids is 2. The van der Waals surface area contributed by atoms with Crippen LogP contribution in [-0.4, -0.2) is 122 Å². The molecule has 69 heavy (non-hydrogen) atoms. The van der Waals surface area contributed by atoms with E-state index in [1.165, 1.54) is 18.6 Å². The largest absolute Gasteiger partial charge is 0.496 e. The molecule has 0 saturated carbocycles. The number of nitrogens with zero attached hydrogens (tertiary/aromatic N) is 5. The SMILES string of the molecule is CCOc1ccccc1-n1c(CN2CCN(C(=O)COc3ccc(S(=O)(=O)NCCCCCCN4C5CCCC4CC(OC(=O)Cc4cc(C)ccc4OC)C5)cc3)CC2)nc2ccccc2c1=O. The molecule has 1 amide bonds. The van der Waals surface area contributed by atoms with Crippen LogP contribution in [0.4, 0.5) is 0 Å². The zero-order valence-electron chi connectivity index (χ0n) is 40.1. The Bertz CT molecular complexity index is 2710. The maximum atomic E-state index is 13.9. The van der Waals surface area contributed by atoms with Crippen molar-refractivity contribution in [3.05, 3.63) is 118 Å². The van der Waals surface area contributed by atoms with Crippen molar-refractivity contribution in [2.24, 2.45) is 0 Å². The van der Waals surface area contributed by atoms with Gasteiger partial charge in [0.15, 0.2) is 6.61 Å². The van der Waals surface area contributed by atoms with Gasteiger partial charge in [0.1, 0.15) is 29.2 Å². The van der Waals surface area contributed by atoms with Crippen LogP contribution >= 0.6 is 0 Å². The average Bonchev–Trinajstić information content (AvgIpc) is 3.34. The molecule has 3 fully saturated rings. The van der Waals surface area contributed by atoms with Gasteiger partial charge in [-0.25, -0.2) is 18.1 Å². The first kappa shape index (κ1) is 49.6. The van der Waals surface area contributed by atoms with Gasteiger partial charge in [-0.1, -0.05) is 61.2 Å². The van der Waals surface area contributed by atoms with Gasteiger partial charge in [-0.2, -0.15) is 0 Å². The van der Waals surface area contributed by atoms with Crippen molar-refractivity contribution in [1.29, 1.82) is 0 Å². The summed E-state index contributed by atoms with van der Waals surface area (Å²) in [5.74, 6) is 1.94. The second kappa shape index (κ2) is 23.2. The molecule has 5 aromatic rings. The van der Waals surface area contributed by atoms with Gasteiger partial charge in [0.05, 0.1) is 48.2 Å². The number of aryl methyl sites for hydroxylation is 1. The minimum absolute atomic E-state index is 0.0613. The Kier molecular flexibility index (Phi) is 16.7. The number of hydrogen-bond acceptors (Lipinski definition) is 12. The van der Waals surface area contributed by atoms with E-state index in [0.717, 1.165) is 69.0 Å². The molecule has 368 valence electrons. The molecule has 0 spiro atoms. The van der Waals surface area contributed by atoms with Gasteiger partial charge in [-0.15, -0.1) is 0 Å². The van der Waals surface area contributed by atoms with Crippen molar-refractivity contribution in [2.45, 2.75) is 108 Å². The molecule has 1 aromatic heterocycles. The van der Waals surface area contributed by atoms with Crippen LogP contribution in [0.25, 0.3) is 16.6 Å².